The molecule has 0 bridgehead atoms. The SMILES string of the molecule is Cc1cn(C)c(=O)c(NC(=O)NC(CC(=O)O)c2cccc(-c3cc(Cl)cc(Cl)c3)c2)c1O.[NaH]. The zero-order chi connectivity index (χ0) is 24.3. The number of aromatic hydroxyl groups is 1. The summed E-state index contributed by atoms with van der Waals surface area (Å²) in [7, 11) is 1.48. The van der Waals surface area contributed by atoms with Gasteiger partial charge >= 0.3 is 41.6 Å². The van der Waals surface area contributed by atoms with Crippen molar-refractivity contribution in [2.24, 2.45) is 7.05 Å². The number of carbonyl (C=O) groups excluding carboxylic acids is 1. The first-order valence-corrected chi connectivity index (χ1v) is 10.6. The van der Waals surface area contributed by atoms with Gasteiger partial charge in [-0.25, -0.2) is 4.79 Å². The number of urea groups is 1. The number of nitrogens with one attached hydrogen (secondary N) is 2. The summed E-state index contributed by atoms with van der Waals surface area (Å²) in [4.78, 5) is 36.4. The number of aryl methyl sites for hydroxylation is 2. The van der Waals surface area contributed by atoms with Gasteiger partial charge in [0, 0.05) is 28.9 Å². The van der Waals surface area contributed by atoms with Gasteiger partial charge < -0.3 is 25.4 Å². The Labute approximate surface area is 227 Å². The van der Waals surface area contributed by atoms with Crippen molar-refractivity contribution >= 4 is 70.4 Å². The van der Waals surface area contributed by atoms with E-state index in [0.717, 1.165) is 11.1 Å². The number of carbonyl (C=O) groups is 2. The Balaban J connectivity index is 0.00000408. The molecule has 0 aliphatic rings. The third kappa shape index (κ3) is 6.77. The van der Waals surface area contributed by atoms with Crippen molar-refractivity contribution in [3.63, 3.8) is 0 Å². The minimum absolute atomic E-state index is 0. The summed E-state index contributed by atoms with van der Waals surface area (Å²) in [5.74, 6) is -1.49. The van der Waals surface area contributed by atoms with Crippen LogP contribution in [-0.4, -0.2) is 56.3 Å². The van der Waals surface area contributed by atoms with Gasteiger partial charge in [0.05, 0.1) is 12.5 Å². The molecule has 34 heavy (non-hydrogen) atoms. The van der Waals surface area contributed by atoms with E-state index in [1.807, 2.05) is 0 Å². The van der Waals surface area contributed by atoms with E-state index >= 15 is 0 Å². The molecule has 0 spiro atoms. The van der Waals surface area contributed by atoms with Crippen LogP contribution in [0.15, 0.2) is 53.5 Å². The summed E-state index contributed by atoms with van der Waals surface area (Å²) in [5.41, 5.74) is 1.44. The van der Waals surface area contributed by atoms with Crippen molar-refractivity contribution in [2.75, 3.05) is 5.32 Å². The van der Waals surface area contributed by atoms with Gasteiger partial charge in [0.1, 0.15) is 5.75 Å². The molecule has 1 atom stereocenters. The molecule has 174 valence electrons. The van der Waals surface area contributed by atoms with Crippen molar-refractivity contribution < 1.29 is 19.8 Å². The topological polar surface area (TPSA) is 121 Å². The fraction of sp³-hybridized carbons (Fsp3) is 0.174. The van der Waals surface area contributed by atoms with Crippen LogP contribution >= 0.6 is 23.2 Å². The van der Waals surface area contributed by atoms with Crippen LogP contribution in [0.1, 0.15) is 23.6 Å². The van der Waals surface area contributed by atoms with Gasteiger partial charge in [-0.15, -0.1) is 0 Å². The number of halogens is 2. The number of aliphatic carboxylic acids is 1. The summed E-state index contributed by atoms with van der Waals surface area (Å²) >= 11 is 12.2. The molecule has 1 unspecified atom stereocenters. The van der Waals surface area contributed by atoms with Crippen LogP contribution in [0.5, 0.6) is 5.75 Å². The van der Waals surface area contributed by atoms with Crippen LogP contribution in [0.3, 0.4) is 0 Å². The number of nitrogens with zero attached hydrogens (tertiary/aromatic N) is 1. The Morgan fingerprint density at radius 2 is 1.74 bits per heavy atom. The molecule has 2 aromatic carbocycles. The molecule has 3 rings (SSSR count). The number of benzene rings is 2. The van der Waals surface area contributed by atoms with E-state index in [1.165, 1.54) is 17.8 Å². The van der Waals surface area contributed by atoms with Crippen LogP contribution < -0.4 is 16.2 Å². The molecular weight excluding hydrogens is 492 g/mol. The van der Waals surface area contributed by atoms with Crippen molar-refractivity contribution in [1.82, 2.24) is 9.88 Å². The molecule has 1 heterocycles. The number of carboxylic acids is 1. The number of pyridine rings is 1. The first-order valence-electron chi connectivity index (χ1n) is 9.80. The summed E-state index contributed by atoms with van der Waals surface area (Å²) in [6.45, 7) is 1.58. The van der Waals surface area contributed by atoms with Crippen molar-refractivity contribution in [3.8, 4) is 16.9 Å². The Morgan fingerprint density at radius 1 is 1.09 bits per heavy atom. The summed E-state index contributed by atoms with van der Waals surface area (Å²) in [5, 5.41) is 25.3. The molecule has 11 heteroatoms. The van der Waals surface area contributed by atoms with Gasteiger partial charge in [-0.2, -0.15) is 0 Å². The van der Waals surface area contributed by atoms with Gasteiger partial charge in [0.2, 0.25) is 0 Å². The minimum atomic E-state index is -1.13. The van der Waals surface area contributed by atoms with Crippen LogP contribution in [0, 0.1) is 6.92 Å². The monoisotopic (exact) mass is 513 g/mol. The van der Waals surface area contributed by atoms with Crippen LogP contribution in [0.4, 0.5) is 10.5 Å². The molecule has 1 aromatic heterocycles. The maximum absolute atomic E-state index is 12.6. The molecule has 0 fully saturated rings. The molecule has 3 aromatic rings. The second-order valence-corrected chi connectivity index (χ2v) is 8.36. The molecule has 0 aliphatic carbocycles. The standard InChI is InChI=1S/C23H21Cl2N3O5.Na.H/c1-12-11-28(2)22(32)20(21(12)31)27-23(33)26-18(10-19(29)30)14-5-3-4-13(6-14)15-7-16(24)9-17(25)8-15;;/h3-9,11,18,31H,10H2,1-2H3,(H,29,30)(H2,26,27,33);;. The second kappa shape index (κ2) is 11.8. The quantitative estimate of drug-likeness (QED) is 0.370. The number of rotatable bonds is 6. The molecule has 0 radical (unpaired) electrons. The van der Waals surface area contributed by atoms with Crippen molar-refractivity contribution in [1.29, 1.82) is 0 Å². The van der Waals surface area contributed by atoms with E-state index in [9.17, 15) is 24.6 Å². The van der Waals surface area contributed by atoms with E-state index in [4.69, 9.17) is 23.2 Å². The van der Waals surface area contributed by atoms with E-state index in [2.05, 4.69) is 10.6 Å². The predicted molar refractivity (Wildman–Crippen MR) is 134 cm³/mol. The van der Waals surface area contributed by atoms with Crippen LogP contribution in [0.25, 0.3) is 11.1 Å². The Morgan fingerprint density at radius 3 is 2.35 bits per heavy atom. The fourth-order valence-electron chi connectivity index (χ4n) is 3.39. The number of anilines is 1. The third-order valence-electron chi connectivity index (χ3n) is 4.94. The van der Waals surface area contributed by atoms with Crippen LogP contribution in [-0.2, 0) is 11.8 Å². The molecule has 8 nitrogen and oxygen atoms in total. The predicted octanol–water partition coefficient (Wildman–Crippen LogP) is 4.06. The van der Waals surface area contributed by atoms with E-state index < -0.39 is 30.0 Å². The fourth-order valence-corrected chi connectivity index (χ4v) is 3.91. The third-order valence-corrected chi connectivity index (χ3v) is 5.38. The Bertz CT molecular complexity index is 1280. The summed E-state index contributed by atoms with van der Waals surface area (Å²) < 4.78 is 1.22. The van der Waals surface area contributed by atoms with E-state index in [1.54, 1.807) is 49.4 Å². The van der Waals surface area contributed by atoms with Gasteiger partial charge in [-0.1, -0.05) is 41.4 Å². The second-order valence-electron chi connectivity index (χ2n) is 7.48. The molecule has 2 amide bonds. The zero-order valence-electron chi connectivity index (χ0n) is 17.7. The molecule has 4 N–H and O–H groups in total. The zero-order valence-corrected chi connectivity index (χ0v) is 19.2. The average Bonchev–Trinajstić information content (AvgIpc) is 2.74. The molecular formula is C23H22Cl2N3NaO5. The normalized spacial score (nSPS) is 11.3. The molecule has 0 saturated carbocycles. The molecule has 0 aliphatic heterocycles. The van der Waals surface area contributed by atoms with Crippen molar-refractivity contribution in [2.45, 2.75) is 19.4 Å². The van der Waals surface area contributed by atoms with Crippen molar-refractivity contribution in [3.05, 3.63) is 80.2 Å². The maximum atomic E-state index is 12.6. The van der Waals surface area contributed by atoms with Gasteiger partial charge in [-0.05, 0) is 47.9 Å². The number of aromatic nitrogens is 1. The summed E-state index contributed by atoms with van der Waals surface area (Å²) in [6, 6.07) is 10.2. The Kier molecular flexibility index (Phi) is 9.61. The van der Waals surface area contributed by atoms with Gasteiger partial charge in [0.25, 0.3) is 5.56 Å². The van der Waals surface area contributed by atoms with Gasteiger partial charge in [0.15, 0.2) is 5.69 Å². The molecule has 0 saturated heterocycles. The number of amides is 2. The van der Waals surface area contributed by atoms with Crippen LogP contribution in [0.2, 0.25) is 10.0 Å². The first-order chi connectivity index (χ1) is 15.5. The van der Waals surface area contributed by atoms with E-state index in [-0.39, 0.29) is 41.0 Å². The van der Waals surface area contributed by atoms with Gasteiger partial charge in [-0.3, -0.25) is 9.59 Å². The average molecular weight is 514 g/mol. The number of hydrogen-bond acceptors (Lipinski definition) is 4. The Hall–Kier alpha value is -2.49. The number of hydrogen-bond donors (Lipinski definition) is 4. The van der Waals surface area contributed by atoms with E-state index in [0.29, 0.717) is 21.2 Å². The number of carboxylic acid groups (broad SMARTS) is 1. The summed E-state index contributed by atoms with van der Waals surface area (Å²) in [6.07, 6.45) is 1.02. The first kappa shape index (κ1) is 27.8.